The Bertz CT molecular complexity index is 844. The first kappa shape index (κ1) is 18.1. The van der Waals surface area contributed by atoms with Crippen LogP contribution >= 0.6 is 0 Å². The van der Waals surface area contributed by atoms with E-state index in [-0.39, 0.29) is 23.3 Å². The molecule has 0 saturated heterocycles. The van der Waals surface area contributed by atoms with E-state index in [1.54, 1.807) is 0 Å². The zero-order valence-corrected chi connectivity index (χ0v) is 13.7. The van der Waals surface area contributed by atoms with Crippen LogP contribution in [0.5, 0.6) is 11.5 Å². The number of cyclic esters (lactones) is 1. The summed E-state index contributed by atoms with van der Waals surface area (Å²) in [7, 11) is 0. The monoisotopic (exact) mass is 364 g/mol. The van der Waals surface area contributed by atoms with Crippen molar-refractivity contribution in [2.75, 3.05) is 0 Å². The molecule has 3 rings (SSSR count). The molecule has 1 aromatic rings. The predicted octanol–water partition coefficient (Wildman–Crippen LogP) is 1.20. The van der Waals surface area contributed by atoms with Gasteiger partial charge in [-0.05, 0) is 25.0 Å². The summed E-state index contributed by atoms with van der Waals surface area (Å²) in [6, 6.07) is 2.16. The van der Waals surface area contributed by atoms with Gasteiger partial charge in [0.15, 0.2) is 5.78 Å². The van der Waals surface area contributed by atoms with Crippen LogP contribution in [-0.2, 0) is 9.53 Å². The fourth-order valence-electron chi connectivity index (χ4n) is 3.49. The number of rotatable bonds is 0. The van der Waals surface area contributed by atoms with Crippen molar-refractivity contribution >= 4 is 17.8 Å². The molecule has 7 nitrogen and oxygen atoms in total. The van der Waals surface area contributed by atoms with Gasteiger partial charge in [0.05, 0.1) is 5.92 Å². The molecule has 0 bridgehead atoms. The lowest BCUT2D eigenvalue weighted by molar-refractivity contribution is -0.158. The van der Waals surface area contributed by atoms with Crippen LogP contribution in [0.2, 0.25) is 0 Å². The Balaban J connectivity index is 2.15. The van der Waals surface area contributed by atoms with Gasteiger partial charge in [-0.25, -0.2) is 9.18 Å². The summed E-state index contributed by atoms with van der Waals surface area (Å²) in [6.07, 6.45) is -0.274. The van der Waals surface area contributed by atoms with E-state index in [1.165, 1.54) is 25.1 Å². The van der Waals surface area contributed by atoms with Crippen molar-refractivity contribution in [2.45, 2.75) is 31.2 Å². The molecule has 0 radical (unpaired) electrons. The summed E-state index contributed by atoms with van der Waals surface area (Å²) < 4.78 is 19.6. The minimum atomic E-state index is -2.22. The average molecular weight is 364 g/mol. The molecule has 26 heavy (non-hydrogen) atoms. The minimum Gasteiger partial charge on any atom is -0.508 e. The van der Waals surface area contributed by atoms with Crippen molar-refractivity contribution in [1.82, 2.24) is 0 Å². The van der Waals surface area contributed by atoms with Crippen molar-refractivity contribution in [1.29, 1.82) is 0 Å². The number of ketones is 1. The first-order chi connectivity index (χ1) is 12.1. The van der Waals surface area contributed by atoms with Crippen LogP contribution in [0.1, 0.15) is 29.3 Å². The highest BCUT2D eigenvalue weighted by Gasteiger charge is 2.54. The van der Waals surface area contributed by atoms with Gasteiger partial charge in [-0.1, -0.05) is 12.2 Å². The number of ether oxygens (including phenoxy) is 1. The number of phenols is 2. The molecular formula is C18H17FO7. The van der Waals surface area contributed by atoms with Gasteiger partial charge in [0.2, 0.25) is 0 Å². The van der Waals surface area contributed by atoms with Crippen molar-refractivity contribution < 1.29 is 39.1 Å². The Morgan fingerprint density at radius 3 is 2.65 bits per heavy atom. The molecule has 0 spiro atoms. The van der Waals surface area contributed by atoms with Crippen LogP contribution in [0.25, 0.3) is 6.08 Å². The second-order valence-corrected chi connectivity index (χ2v) is 6.45. The number of esters is 1. The van der Waals surface area contributed by atoms with Gasteiger partial charge in [0.25, 0.3) is 0 Å². The molecule has 4 N–H and O–H groups in total. The number of aliphatic hydroxyl groups excluding tert-OH is 1. The summed E-state index contributed by atoms with van der Waals surface area (Å²) in [6.45, 7) is 1.31. The van der Waals surface area contributed by atoms with Gasteiger partial charge in [0.1, 0.15) is 40.7 Å². The number of fused-ring (bicyclic) bond motifs is 2. The number of hydrogen-bond donors (Lipinski definition) is 4. The highest BCUT2D eigenvalue weighted by atomic mass is 19.1. The molecule has 4 atom stereocenters. The Hall–Kier alpha value is -2.71. The predicted molar refractivity (Wildman–Crippen MR) is 86.9 cm³/mol. The summed E-state index contributed by atoms with van der Waals surface area (Å²) in [5, 5.41) is 40.6. The van der Waals surface area contributed by atoms with Crippen LogP contribution < -0.4 is 0 Å². The maximum Gasteiger partial charge on any atom is 0.342 e. The molecule has 2 aliphatic rings. The topological polar surface area (TPSA) is 124 Å². The van der Waals surface area contributed by atoms with Crippen LogP contribution in [-0.4, -0.2) is 50.0 Å². The van der Waals surface area contributed by atoms with E-state index < -0.39 is 47.1 Å². The van der Waals surface area contributed by atoms with E-state index in [1.807, 2.05) is 0 Å². The Morgan fingerprint density at radius 1 is 1.27 bits per heavy atom. The molecule has 0 saturated carbocycles. The van der Waals surface area contributed by atoms with Crippen LogP contribution in [0, 0.1) is 5.92 Å². The van der Waals surface area contributed by atoms with Gasteiger partial charge >= 0.3 is 5.97 Å². The molecule has 1 aromatic carbocycles. The van der Waals surface area contributed by atoms with E-state index in [2.05, 4.69) is 0 Å². The summed E-state index contributed by atoms with van der Waals surface area (Å²) in [5.41, 5.74) is -2.34. The van der Waals surface area contributed by atoms with Crippen molar-refractivity contribution in [3.8, 4) is 11.5 Å². The Morgan fingerprint density at radius 2 is 1.96 bits per heavy atom. The fourth-order valence-corrected chi connectivity index (χ4v) is 3.49. The third-order valence-corrected chi connectivity index (χ3v) is 4.70. The van der Waals surface area contributed by atoms with Gasteiger partial charge in [0, 0.05) is 12.1 Å². The molecular weight excluding hydrogens is 347 g/mol. The fraction of sp³-hybridized carbons (Fsp3) is 0.333. The first-order valence-electron chi connectivity index (χ1n) is 7.90. The molecule has 1 aliphatic heterocycles. The zero-order valence-electron chi connectivity index (χ0n) is 13.7. The summed E-state index contributed by atoms with van der Waals surface area (Å²) in [4.78, 5) is 24.2. The number of carbonyl (C=O) groups is 2. The summed E-state index contributed by atoms with van der Waals surface area (Å²) >= 11 is 0. The standard InChI is InChI=1S/C18H17FO7/c1-8-15-11(19)7-13(22)16(23)18(15,25)4-2-3-9-5-10(20)6-12(21)14(9)17(24)26-8/h2-3,5-8,15-16,20-21,23,25H,4H2,1H3/b3-2+/t8-,15+,16+,18+/m0/s1. The second-order valence-electron chi connectivity index (χ2n) is 6.45. The quantitative estimate of drug-likeness (QED) is 0.510. The number of phenolic OH excluding ortho intramolecular Hbond substituents is 2. The highest BCUT2D eigenvalue weighted by Crippen LogP contribution is 2.41. The third kappa shape index (κ3) is 2.77. The van der Waals surface area contributed by atoms with E-state index >= 15 is 0 Å². The molecule has 1 heterocycles. The van der Waals surface area contributed by atoms with Crippen molar-refractivity contribution in [3.63, 3.8) is 0 Å². The number of hydrogen-bond acceptors (Lipinski definition) is 7. The minimum absolute atomic E-state index is 0.106. The first-order valence-corrected chi connectivity index (χ1v) is 7.90. The lowest BCUT2D eigenvalue weighted by Gasteiger charge is -2.42. The van der Waals surface area contributed by atoms with E-state index in [9.17, 15) is 34.4 Å². The van der Waals surface area contributed by atoms with Crippen LogP contribution in [0.15, 0.2) is 30.1 Å². The third-order valence-electron chi connectivity index (χ3n) is 4.70. The second kappa shape index (κ2) is 6.22. The maximum atomic E-state index is 14.4. The maximum absolute atomic E-state index is 14.4. The largest absolute Gasteiger partial charge is 0.508 e. The van der Waals surface area contributed by atoms with E-state index in [4.69, 9.17) is 4.74 Å². The molecule has 0 fully saturated rings. The van der Waals surface area contributed by atoms with Gasteiger partial charge in [-0.3, -0.25) is 4.79 Å². The number of carbonyl (C=O) groups excluding carboxylic acids is 2. The molecule has 138 valence electrons. The van der Waals surface area contributed by atoms with E-state index in [0.717, 1.165) is 6.07 Å². The highest BCUT2D eigenvalue weighted by molar-refractivity contribution is 5.98. The van der Waals surface area contributed by atoms with Crippen molar-refractivity contribution in [3.05, 3.63) is 41.2 Å². The van der Waals surface area contributed by atoms with Crippen LogP contribution in [0.3, 0.4) is 0 Å². The van der Waals surface area contributed by atoms with Gasteiger partial charge < -0.3 is 25.2 Å². The van der Waals surface area contributed by atoms with Crippen LogP contribution in [0.4, 0.5) is 4.39 Å². The molecule has 8 heteroatoms. The molecule has 0 aromatic heterocycles. The molecule has 0 unspecified atom stereocenters. The smallest absolute Gasteiger partial charge is 0.342 e. The Kier molecular flexibility index (Phi) is 4.33. The normalized spacial score (nSPS) is 32.8. The molecule has 1 aliphatic carbocycles. The average Bonchev–Trinajstić information content (AvgIpc) is 2.51. The number of aliphatic hydroxyl groups is 2. The van der Waals surface area contributed by atoms with Gasteiger partial charge in [-0.2, -0.15) is 0 Å². The SMILES string of the molecule is C[C@@H]1OC(=O)c2c(O)cc(O)cc2/C=C/C[C@]2(O)[C@H](O)C(=O)C=C(F)[C@@H]12. The van der Waals surface area contributed by atoms with E-state index in [0.29, 0.717) is 6.08 Å². The zero-order chi connectivity index (χ0) is 19.2. The number of halogens is 1. The molecule has 0 amide bonds. The number of benzene rings is 1. The Labute approximate surface area is 147 Å². The number of aromatic hydroxyl groups is 2. The van der Waals surface area contributed by atoms with Crippen molar-refractivity contribution in [2.24, 2.45) is 5.92 Å². The van der Waals surface area contributed by atoms with Gasteiger partial charge in [-0.15, -0.1) is 0 Å². The summed E-state index contributed by atoms with van der Waals surface area (Å²) in [5.74, 6) is -5.29. The lowest BCUT2D eigenvalue weighted by Crippen LogP contribution is -2.58. The lowest BCUT2D eigenvalue weighted by atomic mass is 9.71.